The third kappa shape index (κ3) is 7.01. The lowest BCUT2D eigenvalue weighted by molar-refractivity contribution is 0.132. The van der Waals surface area contributed by atoms with Crippen molar-refractivity contribution in [3.8, 4) is 5.75 Å². The van der Waals surface area contributed by atoms with E-state index < -0.39 is 0 Å². The normalized spacial score (nSPS) is 13.9. The van der Waals surface area contributed by atoms with Crippen molar-refractivity contribution < 1.29 is 14.3 Å². The van der Waals surface area contributed by atoms with Crippen molar-refractivity contribution in [1.82, 2.24) is 9.80 Å². The topological polar surface area (TPSA) is 42.0 Å². The van der Waals surface area contributed by atoms with E-state index in [0.717, 1.165) is 40.0 Å². The largest absolute Gasteiger partial charge is 0.485 e. The molecule has 0 N–H and O–H groups in total. The Balaban J connectivity index is 1.08. The molecular weight excluding hydrogens is 585 g/mol. The number of hydrogen-bond acceptors (Lipinski definition) is 5. The minimum Gasteiger partial charge on any atom is -0.485 e. The zero-order valence-electron chi connectivity index (χ0n) is 25.2. The van der Waals surface area contributed by atoms with Crippen molar-refractivity contribution in [3.05, 3.63) is 129 Å². The molecule has 2 aromatic heterocycles. The lowest BCUT2D eigenvalue weighted by Gasteiger charge is -2.29. The van der Waals surface area contributed by atoms with Gasteiger partial charge in [0.15, 0.2) is 0 Å². The molecule has 226 valence electrons. The molecular formula is C37H38N2O3S2. The first kappa shape index (κ1) is 30.0. The first-order valence-electron chi connectivity index (χ1n) is 15.2. The Kier molecular flexibility index (Phi) is 9.64. The highest BCUT2D eigenvalue weighted by molar-refractivity contribution is 7.10. The molecule has 7 heteroatoms. The summed E-state index contributed by atoms with van der Waals surface area (Å²) in [4.78, 5) is 19.4. The van der Waals surface area contributed by atoms with Crippen molar-refractivity contribution in [1.29, 1.82) is 0 Å². The lowest BCUT2D eigenvalue weighted by Crippen LogP contribution is -2.40. The molecule has 2 amide bonds. The maximum Gasteiger partial charge on any atom is 0.319 e. The van der Waals surface area contributed by atoms with E-state index in [2.05, 4.69) is 83.6 Å². The molecule has 1 aliphatic carbocycles. The number of carbonyl (C=O) groups is 1. The zero-order valence-corrected chi connectivity index (χ0v) is 26.9. The Morgan fingerprint density at radius 2 is 1.39 bits per heavy atom. The molecule has 0 saturated heterocycles. The SMILES string of the molecule is CN(CCC(OC1=CCCc2ccccc21)c1cccs1)C(=O)N(C)CCC(Oc1cccc2ccccc12)c1cccs1. The first-order chi connectivity index (χ1) is 21.6. The van der Waals surface area contributed by atoms with Gasteiger partial charge in [0.05, 0.1) is 0 Å². The van der Waals surface area contributed by atoms with Gasteiger partial charge in [0.1, 0.15) is 23.7 Å². The highest BCUT2D eigenvalue weighted by atomic mass is 32.1. The number of amides is 2. The number of urea groups is 1. The van der Waals surface area contributed by atoms with Gasteiger partial charge < -0.3 is 19.3 Å². The molecule has 0 bridgehead atoms. The molecule has 1 aliphatic rings. The number of carbonyl (C=O) groups excluding carboxylic acids is 1. The summed E-state index contributed by atoms with van der Waals surface area (Å²) in [7, 11) is 3.75. The van der Waals surface area contributed by atoms with Gasteiger partial charge in [-0.3, -0.25) is 0 Å². The van der Waals surface area contributed by atoms with E-state index in [4.69, 9.17) is 9.47 Å². The third-order valence-electron chi connectivity index (χ3n) is 8.14. The average molecular weight is 623 g/mol. The molecule has 0 radical (unpaired) electrons. The summed E-state index contributed by atoms with van der Waals surface area (Å²) in [5, 5.41) is 6.40. The van der Waals surface area contributed by atoms with Crippen LogP contribution in [0.15, 0.2) is 108 Å². The number of fused-ring (bicyclic) bond motifs is 2. The van der Waals surface area contributed by atoms with Gasteiger partial charge in [0, 0.05) is 60.7 Å². The molecule has 3 aromatic carbocycles. The number of allylic oxidation sites excluding steroid dienone is 1. The van der Waals surface area contributed by atoms with Gasteiger partial charge in [0.25, 0.3) is 0 Å². The molecule has 44 heavy (non-hydrogen) atoms. The molecule has 2 atom stereocenters. The number of rotatable bonds is 12. The summed E-state index contributed by atoms with van der Waals surface area (Å²) < 4.78 is 13.3. The molecule has 5 aromatic rings. The van der Waals surface area contributed by atoms with Gasteiger partial charge >= 0.3 is 6.03 Å². The van der Waals surface area contributed by atoms with Crippen LogP contribution in [0.25, 0.3) is 16.5 Å². The van der Waals surface area contributed by atoms with Crippen molar-refractivity contribution in [2.45, 2.75) is 37.9 Å². The van der Waals surface area contributed by atoms with Crippen LogP contribution in [0.4, 0.5) is 4.79 Å². The maximum absolute atomic E-state index is 13.5. The van der Waals surface area contributed by atoms with Crippen LogP contribution in [0.1, 0.15) is 52.4 Å². The van der Waals surface area contributed by atoms with Crippen molar-refractivity contribution in [3.63, 3.8) is 0 Å². The van der Waals surface area contributed by atoms with Crippen LogP contribution in [0.5, 0.6) is 5.75 Å². The van der Waals surface area contributed by atoms with Gasteiger partial charge in [-0.1, -0.05) is 72.8 Å². The summed E-state index contributed by atoms with van der Waals surface area (Å²) >= 11 is 3.39. The highest BCUT2D eigenvalue weighted by Crippen LogP contribution is 2.36. The van der Waals surface area contributed by atoms with Gasteiger partial charge in [-0.25, -0.2) is 4.79 Å². The van der Waals surface area contributed by atoms with Crippen LogP contribution in [-0.4, -0.2) is 43.0 Å². The molecule has 6 rings (SSSR count). The number of thiophene rings is 2. The highest BCUT2D eigenvalue weighted by Gasteiger charge is 2.24. The molecule has 2 unspecified atom stereocenters. The summed E-state index contributed by atoms with van der Waals surface area (Å²) in [6.07, 6.45) is 5.34. The Morgan fingerprint density at radius 3 is 2.09 bits per heavy atom. The van der Waals surface area contributed by atoms with Crippen LogP contribution in [0, 0.1) is 0 Å². The van der Waals surface area contributed by atoms with E-state index in [1.54, 1.807) is 32.5 Å². The summed E-state index contributed by atoms with van der Waals surface area (Å²) in [6.45, 7) is 1.16. The predicted molar refractivity (Wildman–Crippen MR) is 182 cm³/mol. The number of ether oxygens (including phenoxy) is 2. The second kappa shape index (κ2) is 14.1. The van der Waals surface area contributed by atoms with Crippen LogP contribution in [0.3, 0.4) is 0 Å². The Hall–Kier alpha value is -4.07. The zero-order chi connectivity index (χ0) is 30.3. The fourth-order valence-electron chi connectivity index (χ4n) is 5.74. The minimum absolute atomic E-state index is 0.00718. The molecule has 0 fully saturated rings. The number of benzene rings is 3. The molecule has 0 saturated carbocycles. The van der Waals surface area contributed by atoms with E-state index >= 15 is 0 Å². The number of hydrogen-bond donors (Lipinski definition) is 0. The molecule has 0 aliphatic heterocycles. The smallest absolute Gasteiger partial charge is 0.319 e. The average Bonchev–Trinajstić information content (AvgIpc) is 3.80. The molecule has 5 nitrogen and oxygen atoms in total. The second-order valence-corrected chi connectivity index (χ2v) is 13.1. The predicted octanol–water partition coefficient (Wildman–Crippen LogP) is 9.59. The van der Waals surface area contributed by atoms with E-state index in [1.165, 1.54) is 16.0 Å². The van der Waals surface area contributed by atoms with Gasteiger partial charge in [-0.2, -0.15) is 0 Å². The summed E-state index contributed by atoms with van der Waals surface area (Å²) in [5.41, 5.74) is 2.50. The first-order valence-corrected chi connectivity index (χ1v) is 17.0. The van der Waals surface area contributed by atoms with Crippen molar-refractivity contribution >= 4 is 45.2 Å². The van der Waals surface area contributed by atoms with Crippen LogP contribution >= 0.6 is 22.7 Å². The van der Waals surface area contributed by atoms with Crippen molar-refractivity contribution in [2.24, 2.45) is 0 Å². The quantitative estimate of drug-likeness (QED) is 0.139. The fraction of sp³-hybridized carbons (Fsp3) is 0.270. The van der Waals surface area contributed by atoms with Gasteiger partial charge in [-0.05, 0) is 58.8 Å². The van der Waals surface area contributed by atoms with E-state index in [1.807, 2.05) is 38.4 Å². The van der Waals surface area contributed by atoms with Crippen LogP contribution < -0.4 is 4.74 Å². The Labute approximate surface area is 268 Å². The lowest BCUT2D eigenvalue weighted by atomic mass is 9.96. The van der Waals surface area contributed by atoms with Crippen LogP contribution in [-0.2, 0) is 11.2 Å². The summed E-state index contributed by atoms with van der Waals surface area (Å²) in [6, 6.07) is 31.3. The van der Waals surface area contributed by atoms with E-state index in [9.17, 15) is 4.79 Å². The van der Waals surface area contributed by atoms with E-state index in [0.29, 0.717) is 25.9 Å². The minimum atomic E-state index is -0.149. The number of nitrogens with zero attached hydrogens (tertiary/aromatic N) is 2. The number of aryl methyl sites for hydroxylation is 1. The van der Waals surface area contributed by atoms with Crippen molar-refractivity contribution in [2.75, 3.05) is 27.2 Å². The summed E-state index contributed by atoms with van der Waals surface area (Å²) in [5.74, 6) is 1.81. The second-order valence-electron chi connectivity index (χ2n) is 11.2. The molecule has 2 heterocycles. The Bertz CT molecular complexity index is 1690. The Morgan fingerprint density at radius 1 is 0.750 bits per heavy atom. The maximum atomic E-state index is 13.5. The third-order valence-corrected chi connectivity index (χ3v) is 10.1. The molecule has 0 spiro atoms. The van der Waals surface area contributed by atoms with Gasteiger partial charge in [-0.15, -0.1) is 22.7 Å². The monoisotopic (exact) mass is 622 g/mol. The van der Waals surface area contributed by atoms with Crippen LogP contribution in [0.2, 0.25) is 0 Å². The standard InChI is InChI=1S/C37H38N2O3S2/c1-38(23-21-33(35-19-9-25-43-35)41-31-17-7-13-27-11-3-5-15-29(27)31)37(40)39(2)24-22-34(36-20-10-26-44-36)42-32-18-8-14-28-12-4-6-16-30(28)32/h3-7,9-13,15-20,25-26,33-34H,8,14,21-24H2,1-2H3. The van der Waals surface area contributed by atoms with Gasteiger partial charge in [0.2, 0.25) is 0 Å². The fourth-order valence-corrected chi connectivity index (χ4v) is 7.31. The van der Waals surface area contributed by atoms with E-state index in [-0.39, 0.29) is 18.2 Å².